The maximum atomic E-state index is 14.2. The molecule has 3 N–H and O–H groups in total. The number of halogens is 1. The second-order valence-electron chi connectivity index (χ2n) is 12.5. The largest absolute Gasteiger partial charge is 0.426 e. The van der Waals surface area contributed by atoms with E-state index < -0.39 is 18.2 Å². The predicted octanol–water partition coefficient (Wildman–Crippen LogP) is 8.40. The third-order valence-electron chi connectivity index (χ3n) is 8.46. The van der Waals surface area contributed by atoms with Gasteiger partial charge in [0.05, 0.1) is 29.9 Å². The molecular formula is C41H43FN2O5. The quantitative estimate of drug-likeness (QED) is 0.0819. The highest BCUT2D eigenvalue weighted by Gasteiger charge is 2.31. The highest BCUT2D eigenvalue weighted by atomic mass is 19.1. The Labute approximate surface area is 287 Å². The molecule has 0 saturated carbocycles. The minimum absolute atomic E-state index is 0.0405. The van der Waals surface area contributed by atoms with Crippen LogP contribution in [0.3, 0.4) is 0 Å². The number of ether oxygens (including phenoxy) is 1. The number of benzene rings is 4. The summed E-state index contributed by atoms with van der Waals surface area (Å²) in [6.45, 7) is 6.32. The first kappa shape index (κ1) is 35.3. The van der Waals surface area contributed by atoms with E-state index in [1.165, 1.54) is 12.1 Å². The van der Waals surface area contributed by atoms with E-state index in [-0.39, 0.29) is 36.9 Å². The van der Waals surface area contributed by atoms with Gasteiger partial charge in [0, 0.05) is 23.5 Å². The van der Waals surface area contributed by atoms with Gasteiger partial charge in [-0.1, -0.05) is 81.4 Å². The summed E-state index contributed by atoms with van der Waals surface area (Å²) in [6, 6.07) is 32.3. The number of amides is 1. The fourth-order valence-electron chi connectivity index (χ4n) is 6.20. The Hall–Kier alpha value is -5.05. The number of aromatic nitrogens is 1. The molecule has 5 rings (SSSR count). The van der Waals surface area contributed by atoms with Crippen LogP contribution in [0, 0.1) is 5.82 Å². The van der Waals surface area contributed by atoms with Crippen LogP contribution in [0.25, 0.3) is 22.4 Å². The first-order valence-corrected chi connectivity index (χ1v) is 16.7. The molecule has 2 atom stereocenters. The molecule has 8 heteroatoms. The van der Waals surface area contributed by atoms with Gasteiger partial charge in [-0.15, -0.1) is 0 Å². The molecule has 2 unspecified atom stereocenters. The Morgan fingerprint density at radius 3 is 2.16 bits per heavy atom. The van der Waals surface area contributed by atoms with Crippen LogP contribution in [0.5, 0.6) is 5.75 Å². The molecule has 0 aliphatic carbocycles. The Bertz CT molecular complexity index is 1850. The number of hydrogen-bond acceptors (Lipinski definition) is 5. The van der Waals surface area contributed by atoms with Crippen LogP contribution < -0.4 is 10.1 Å². The zero-order valence-electron chi connectivity index (χ0n) is 28.1. The van der Waals surface area contributed by atoms with Crippen LogP contribution in [0.2, 0.25) is 0 Å². The molecule has 1 aromatic heterocycles. The second-order valence-corrected chi connectivity index (χ2v) is 12.5. The lowest BCUT2D eigenvalue weighted by Crippen LogP contribution is -2.24. The van der Waals surface area contributed by atoms with Crippen molar-refractivity contribution in [2.45, 2.75) is 71.1 Å². The number of para-hydroxylation sites is 1. The third kappa shape index (κ3) is 8.90. The van der Waals surface area contributed by atoms with E-state index in [1.54, 1.807) is 24.3 Å². The number of aliphatic hydroxyl groups is 2. The van der Waals surface area contributed by atoms with Crippen molar-refractivity contribution in [1.82, 2.24) is 4.57 Å². The fraction of sp³-hybridized carbons (Fsp3) is 0.268. The van der Waals surface area contributed by atoms with Crippen molar-refractivity contribution in [1.29, 1.82) is 0 Å². The Morgan fingerprint density at radius 1 is 0.837 bits per heavy atom. The second kappa shape index (κ2) is 16.4. The molecule has 0 spiro atoms. The molecule has 0 aliphatic rings. The molecule has 7 nitrogen and oxygen atoms in total. The highest BCUT2D eigenvalue weighted by Crippen LogP contribution is 2.42. The molecule has 1 heterocycles. The lowest BCUT2D eigenvalue weighted by Gasteiger charge is -2.20. The van der Waals surface area contributed by atoms with Gasteiger partial charge in [-0.3, -0.25) is 9.59 Å². The summed E-state index contributed by atoms with van der Waals surface area (Å²) in [6.07, 6.45) is -1.36. The molecule has 0 saturated heterocycles. The lowest BCUT2D eigenvalue weighted by molar-refractivity contribution is -0.136. The van der Waals surface area contributed by atoms with E-state index in [0.717, 1.165) is 28.9 Å². The standard InChI is InChI=1S/C41H43FN2O5/c1-4-28-12-11-17-35(24-28)49-36(47)26-34(46)25-33(45)22-23-44-39(27(2)3)38(41(48)43-32-15-9-6-10-16-32)37(29-13-7-5-8-14-29)40(44)30-18-20-31(42)21-19-30/h5-21,24,27,33-34,45-46H,4,22-23,25-26H2,1-3H3,(H,43,48). The summed E-state index contributed by atoms with van der Waals surface area (Å²) in [4.78, 5) is 26.8. The number of carbonyl (C=O) groups is 2. The average molecular weight is 663 g/mol. The molecule has 0 bridgehead atoms. The Kier molecular flexibility index (Phi) is 11.8. The summed E-state index contributed by atoms with van der Waals surface area (Å²) in [5.41, 5.74) is 5.89. The summed E-state index contributed by atoms with van der Waals surface area (Å²) >= 11 is 0. The van der Waals surface area contributed by atoms with Crippen molar-refractivity contribution >= 4 is 17.6 Å². The molecule has 49 heavy (non-hydrogen) atoms. The highest BCUT2D eigenvalue weighted by molar-refractivity contribution is 6.12. The number of esters is 1. The maximum absolute atomic E-state index is 14.2. The van der Waals surface area contributed by atoms with Crippen molar-refractivity contribution in [2.24, 2.45) is 0 Å². The van der Waals surface area contributed by atoms with Gasteiger partial charge in [0.2, 0.25) is 0 Å². The van der Waals surface area contributed by atoms with Gasteiger partial charge >= 0.3 is 5.97 Å². The predicted molar refractivity (Wildman–Crippen MR) is 191 cm³/mol. The molecule has 254 valence electrons. The van der Waals surface area contributed by atoms with Crippen molar-refractivity contribution in [2.75, 3.05) is 5.32 Å². The summed E-state index contributed by atoms with van der Waals surface area (Å²) in [5.74, 6) is -0.942. The molecule has 1 amide bonds. The Balaban J connectivity index is 1.46. The minimum atomic E-state index is -1.12. The van der Waals surface area contributed by atoms with Gasteiger partial charge in [0.25, 0.3) is 5.91 Å². The number of rotatable bonds is 14. The van der Waals surface area contributed by atoms with E-state index >= 15 is 0 Å². The van der Waals surface area contributed by atoms with Crippen LogP contribution >= 0.6 is 0 Å². The van der Waals surface area contributed by atoms with Gasteiger partial charge in [-0.05, 0) is 90.4 Å². The number of carbonyl (C=O) groups excluding carboxylic acids is 2. The van der Waals surface area contributed by atoms with E-state index in [0.29, 0.717) is 34.7 Å². The van der Waals surface area contributed by atoms with E-state index in [2.05, 4.69) is 5.32 Å². The van der Waals surface area contributed by atoms with Crippen LogP contribution in [0.1, 0.15) is 67.6 Å². The Morgan fingerprint density at radius 2 is 1.51 bits per heavy atom. The van der Waals surface area contributed by atoms with E-state index in [4.69, 9.17) is 4.74 Å². The van der Waals surface area contributed by atoms with Crippen molar-refractivity contribution in [3.8, 4) is 28.1 Å². The number of aryl methyl sites for hydroxylation is 1. The average Bonchev–Trinajstić information content (AvgIpc) is 3.44. The number of nitrogens with one attached hydrogen (secondary N) is 1. The normalized spacial score (nSPS) is 12.5. The topological polar surface area (TPSA) is 101 Å². The number of nitrogens with zero attached hydrogens (tertiary/aromatic N) is 1. The summed E-state index contributed by atoms with van der Waals surface area (Å²) in [7, 11) is 0. The molecule has 4 aromatic carbocycles. The van der Waals surface area contributed by atoms with Crippen LogP contribution in [0.4, 0.5) is 10.1 Å². The van der Waals surface area contributed by atoms with Crippen molar-refractivity contribution in [3.05, 3.63) is 132 Å². The number of hydrogen-bond donors (Lipinski definition) is 3. The molecule has 5 aromatic rings. The summed E-state index contributed by atoms with van der Waals surface area (Å²) in [5, 5.41) is 24.9. The summed E-state index contributed by atoms with van der Waals surface area (Å²) < 4.78 is 21.6. The van der Waals surface area contributed by atoms with Gasteiger partial charge in [-0.2, -0.15) is 0 Å². The van der Waals surface area contributed by atoms with Crippen molar-refractivity contribution in [3.63, 3.8) is 0 Å². The maximum Gasteiger partial charge on any atom is 0.313 e. The van der Waals surface area contributed by atoms with Crippen molar-refractivity contribution < 1.29 is 28.9 Å². The number of anilines is 1. The first-order chi connectivity index (χ1) is 23.6. The smallest absolute Gasteiger partial charge is 0.313 e. The van der Waals surface area contributed by atoms with Gasteiger partial charge < -0.3 is 24.8 Å². The fourth-order valence-corrected chi connectivity index (χ4v) is 6.20. The minimum Gasteiger partial charge on any atom is -0.426 e. The van der Waals surface area contributed by atoms with Gasteiger partial charge in [0.15, 0.2) is 0 Å². The molecule has 0 radical (unpaired) electrons. The van der Waals surface area contributed by atoms with E-state index in [9.17, 15) is 24.2 Å². The monoisotopic (exact) mass is 662 g/mol. The lowest BCUT2D eigenvalue weighted by atomic mass is 9.94. The zero-order chi connectivity index (χ0) is 34.9. The van der Waals surface area contributed by atoms with E-state index in [1.807, 2.05) is 98.1 Å². The third-order valence-corrected chi connectivity index (χ3v) is 8.46. The van der Waals surface area contributed by atoms with Crippen LogP contribution in [-0.2, 0) is 17.8 Å². The molecular weight excluding hydrogens is 619 g/mol. The van der Waals surface area contributed by atoms with Gasteiger partial charge in [-0.25, -0.2) is 4.39 Å². The first-order valence-electron chi connectivity index (χ1n) is 16.7. The van der Waals surface area contributed by atoms with Crippen LogP contribution in [-0.4, -0.2) is 38.9 Å². The SMILES string of the molecule is CCc1cccc(OC(=O)CC(O)CC(O)CCn2c(-c3ccc(F)cc3)c(-c3ccccc3)c(C(=O)Nc3ccccc3)c2C(C)C)c1. The number of aliphatic hydroxyl groups excluding tert-OH is 2. The zero-order valence-corrected chi connectivity index (χ0v) is 28.1. The van der Waals surface area contributed by atoms with Gasteiger partial charge in [0.1, 0.15) is 11.6 Å². The molecule has 0 fully saturated rings. The van der Waals surface area contributed by atoms with Crippen LogP contribution in [0.15, 0.2) is 109 Å². The molecule has 0 aliphatic heterocycles.